The van der Waals surface area contributed by atoms with Gasteiger partial charge in [-0.25, -0.2) is 9.78 Å². The average Bonchev–Trinajstić information content (AvgIpc) is 2.65. The van der Waals surface area contributed by atoms with Crippen molar-refractivity contribution in [3.8, 4) is 11.5 Å². The molecule has 0 atom stereocenters. The summed E-state index contributed by atoms with van der Waals surface area (Å²) in [5.74, 6) is 0.771. The molecule has 128 valence electrons. The van der Waals surface area contributed by atoms with Crippen molar-refractivity contribution < 1.29 is 19.0 Å². The van der Waals surface area contributed by atoms with Crippen LogP contribution in [0.2, 0.25) is 5.02 Å². The summed E-state index contributed by atoms with van der Waals surface area (Å²) in [7, 11) is 2.93. The molecule has 1 aromatic heterocycles. The first-order valence-corrected chi connectivity index (χ1v) is 7.93. The number of rotatable bonds is 5. The molecule has 0 saturated heterocycles. The van der Waals surface area contributed by atoms with Crippen molar-refractivity contribution in [2.75, 3.05) is 14.2 Å². The standard InChI is InChI=1S/C19H16ClNO4/c1-23-14-6-3-12(4-7-14)11-25-18-10-17(19(22)24-2)21-16-8-5-13(20)9-15(16)18/h3-10H,11H2,1-2H3. The third-order valence-electron chi connectivity index (χ3n) is 3.68. The number of carbonyl (C=O) groups excluding carboxylic acids is 1. The Balaban J connectivity index is 1.94. The zero-order chi connectivity index (χ0) is 17.8. The van der Waals surface area contributed by atoms with Gasteiger partial charge in [-0.05, 0) is 35.9 Å². The van der Waals surface area contributed by atoms with E-state index < -0.39 is 5.97 Å². The molecule has 25 heavy (non-hydrogen) atoms. The molecule has 0 N–H and O–H groups in total. The van der Waals surface area contributed by atoms with Crippen LogP contribution >= 0.6 is 11.6 Å². The lowest BCUT2D eigenvalue weighted by molar-refractivity contribution is 0.0594. The number of hydrogen-bond acceptors (Lipinski definition) is 5. The number of ether oxygens (including phenoxy) is 3. The number of esters is 1. The van der Waals surface area contributed by atoms with E-state index in [1.165, 1.54) is 7.11 Å². The molecule has 3 rings (SSSR count). The van der Waals surface area contributed by atoms with Gasteiger partial charge in [0.05, 0.1) is 19.7 Å². The maximum absolute atomic E-state index is 11.8. The third kappa shape index (κ3) is 3.83. The van der Waals surface area contributed by atoms with E-state index in [2.05, 4.69) is 4.98 Å². The summed E-state index contributed by atoms with van der Waals surface area (Å²) < 4.78 is 15.8. The predicted octanol–water partition coefficient (Wildman–Crippen LogP) is 4.26. The van der Waals surface area contributed by atoms with Gasteiger partial charge >= 0.3 is 5.97 Å². The fourth-order valence-corrected chi connectivity index (χ4v) is 2.55. The molecule has 0 fully saturated rings. The molecule has 5 nitrogen and oxygen atoms in total. The Kier molecular flexibility index (Phi) is 5.05. The lowest BCUT2D eigenvalue weighted by atomic mass is 10.1. The van der Waals surface area contributed by atoms with Gasteiger partial charge in [-0.3, -0.25) is 0 Å². The van der Waals surface area contributed by atoms with Gasteiger partial charge in [0, 0.05) is 16.5 Å². The van der Waals surface area contributed by atoms with E-state index in [9.17, 15) is 4.79 Å². The second-order valence-corrected chi connectivity index (χ2v) is 5.73. The topological polar surface area (TPSA) is 57.7 Å². The monoisotopic (exact) mass is 357 g/mol. The van der Waals surface area contributed by atoms with Gasteiger partial charge in [0.1, 0.15) is 18.1 Å². The van der Waals surface area contributed by atoms with E-state index >= 15 is 0 Å². The second kappa shape index (κ2) is 7.40. The third-order valence-corrected chi connectivity index (χ3v) is 3.92. The average molecular weight is 358 g/mol. The first kappa shape index (κ1) is 17.0. The summed E-state index contributed by atoms with van der Waals surface area (Å²) in [6.45, 7) is 0.330. The van der Waals surface area contributed by atoms with Crippen LogP contribution in [0, 0.1) is 0 Å². The van der Waals surface area contributed by atoms with Crippen LogP contribution in [-0.4, -0.2) is 25.2 Å². The van der Waals surface area contributed by atoms with Crippen molar-refractivity contribution in [2.24, 2.45) is 0 Å². The largest absolute Gasteiger partial charge is 0.497 e. The quantitative estimate of drug-likeness (QED) is 0.638. The lowest BCUT2D eigenvalue weighted by Gasteiger charge is -2.11. The van der Waals surface area contributed by atoms with Crippen LogP contribution in [0.3, 0.4) is 0 Å². The highest BCUT2D eigenvalue weighted by Gasteiger charge is 2.14. The Hall–Kier alpha value is -2.79. The molecule has 0 aliphatic rings. The fourth-order valence-electron chi connectivity index (χ4n) is 2.38. The van der Waals surface area contributed by atoms with Gasteiger partial charge in [0.15, 0.2) is 5.69 Å². The summed E-state index contributed by atoms with van der Waals surface area (Å²) in [5, 5.41) is 1.29. The van der Waals surface area contributed by atoms with E-state index in [0.29, 0.717) is 22.9 Å². The Morgan fingerprint density at radius 2 is 1.84 bits per heavy atom. The highest BCUT2D eigenvalue weighted by atomic mass is 35.5. The smallest absolute Gasteiger partial charge is 0.356 e. The summed E-state index contributed by atoms with van der Waals surface area (Å²) in [6, 6.07) is 14.3. The Morgan fingerprint density at radius 1 is 1.08 bits per heavy atom. The summed E-state index contributed by atoms with van der Waals surface area (Å²) in [4.78, 5) is 16.1. The molecular formula is C19H16ClNO4. The molecule has 3 aromatic rings. The molecule has 0 amide bonds. The SMILES string of the molecule is COC(=O)c1cc(OCc2ccc(OC)cc2)c2cc(Cl)ccc2n1. The van der Waals surface area contributed by atoms with E-state index in [0.717, 1.165) is 16.7 Å². The van der Waals surface area contributed by atoms with Gasteiger partial charge in [-0.1, -0.05) is 23.7 Å². The minimum atomic E-state index is -0.522. The number of methoxy groups -OCH3 is 2. The number of hydrogen-bond donors (Lipinski definition) is 0. The van der Waals surface area contributed by atoms with Crippen LogP contribution in [-0.2, 0) is 11.3 Å². The van der Waals surface area contributed by atoms with Crippen molar-refractivity contribution in [1.82, 2.24) is 4.98 Å². The van der Waals surface area contributed by atoms with Crippen LogP contribution in [0.25, 0.3) is 10.9 Å². The zero-order valence-electron chi connectivity index (χ0n) is 13.8. The Bertz CT molecular complexity index is 909. The zero-order valence-corrected chi connectivity index (χ0v) is 14.5. The first-order chi connectivity index (χ1) is 12.1. The van der Waals surface area contributed by atoms with Crippen molar-refractivity contribution in [2.45, 2.75) is 6.61 Å². The normalized spacial score (nSPS) is 10.5. The van der Waals surface area contributed by atoms with Crippen molar-refractivity contribution >= 4 is 28.5 Å². The number of carbonyl (C=O) groups is 1. The molecule has 0 unspecified atom stereocenters. The van der Waals surface area contributed by atoms with Crippen molar-refractivity contribution in [3.05, 3.63) is 64.8 Å². The highest BCUT2D eigenvalue weighted by molar-refractivity contribution is 6.31. The number of fused-ring (bicyclic) bond motifs is 1. The first-order valence-electron chi connectivity index (χ1n) is 7.55. The molecule has 0 radical (unpaired) electrons. The van der Waals surface area contributed by atoms with Crippen LogP contribution in [0.15, 0.2) is 48.5 Å². The van der Waals surface area contributed by atoms with Gasteiger partial charge in [-0.15, -0.1) is 0 Å². The molecule has 0 saturated carbocycles. The number of pyridine rings is 1. The molecule has 6 heteroatoms. The maximum atomic E-state index is 11.8. The minimum absolute atomic E-state index is 0.182. The number of benzene rings is 2. The van der Waals surface area contributed by atoms with Gasteiger partial charge in [0.25, 0.3) is 0 Å². The lowest BCUT2D eigenvalue weighted by Crippen LogP contribution is -2.06. The fraction of sp³-hybridized carbons (Fsp3) is 0.158. The van der Waals surface area contributed by atoms with E-state index in [1.807, 2.05) is 24.3 Å². The molecule has 0 aliphatic carbocycles. The molecule has 0 aliphatic heterocycles. The van der Waals surface area contributed by atoms with Crippen LogP contribution in [0.4, 0.5) is 0 Å². The van der Waals surface area contributed by atoms with Gasteiger partial charge < -0.3 is 14.2 Å². The summed E-state index contributed by atoms with van der Waals surface area (Å²) in [6.07, 6.45) is 0. The second-order valence-electron chi connectivity index (χ2n) is 5.30. The molecule has 2 aromatic carbocycles. The minimum Gasteiger partial charge on any atom is -0.497 e. The van der Waals surface area contributed by atoms with Gasteiger partial charge in [-0.2, -0.15) is 0 Å². The predicted molar refractivity (Wildman–Crippen MR) is 95.4 cm³/mol. The molecule has 0 bridgehead atoms. The molecule has 0 spiro atoms. The summed E-state index contributed by atoms with van der Waals surface area (Å²) >= 11 is 6.08. The summed E-state index contributed by atoms with van der Waals surface area (Å²) in [5.41, 5.74) is 1.76. The van der Waals surface area contributed by atoms with Crippen molar-refractivity contribution in [3.63, 3.8) is 0 Å². The van der Waals surface area contributed by atoms with E-state index in [1.54, 1.807) is 31.4 Å². The Morgan fingerprint density at radius 3 is 2.52 bits per heavy atom. The van der Waals surface area contributed by atoms with Crippen LogP contribution in [0.5, 0.6) is 11.5 Å². The van der Waals surface area contributed by atoms with Crippen LogP contribution in [0.1, 0.15) is 16.1 Å². The number of halogens is 1. The molecular weight excluding hydrogens is 342 g/mol. The number of aromatic nitrogens is 1. The van der Waals surface area contributed by atoms with E-state index in [4.69, 9.17) is 25.8 Å². The maximum Gasteiger partial charge on any atom is 0.356 e. The van der Waals surface area contributed by atoms with Crippen LogP contribution < -0.4 is 9.47 Å². The van der Waals surface area contributed by atoms with Gasteiger partial charge in [0.2, 0.25) is 0 Å². The number of nitrogens with zero attached hydrogens (tertiary/aromatic N) is 1. The van der Waals surface area contributed by atoms with Crippen molar-refractivity contribution in [1.29, 1.82) is 0 Å². The Labute approximate surface area is 150 Å². The molecule has 1 heterocycles. The van der Waals surface area contributed by atoms with E-state index in [-0.39, 0.29) is 5.69 Å². The highest BCUT2D eigenvalue weighted by Crippen LogP contribution is 2.29.